The Morgan fingerprint density at radius 3 is 3.06 bits per heavy atom. The second-order valence-electron chi connectivity index (χ2n) is 4.99. The predicted molar refractivity (Wildman–Crippen MR) is 66.3 cm³/mol. The molecule has 0 radical (unpaired) electrons. The lowest BCUT2D eigenvalue weighted by molar-refractivity contribution is 0.337. The van der Waals surface area contributed by atoms with Crippen LogP contribution in [0.1, 0.15) is 36.0 Å². The highest BCUT2D eigenvalue weighted by atomic mass is 14.9. The zero-order valence-corrected chi connectivity index (χ0v) is 9.76. The van der Waals surface area contributed by atoms with E-state index in [9.17, 15) is 0 Å². The van der Waals surface area contributed by atoms with Crippen LogP contribution in [0.3, 0.4) is 0 Å². The van der Waals surface area contributed by atoms with Gasteiger partial charge < -0.3 is 10.6 Å². The van der Waals surface area contributed by atoms with Gasteiger partial charge in [0.05, 0.1) is 0 Å². The SMILES string of the molecule is c1cc2c(c(CNC3CCC3)c1)CNCC2. The molecular weight excluding hydrogens is 196 g/mol. The van der Waals surface area contributed by atoms with E-state index in [4.69, 9.17) is 0 Å². The number of fused-ring (bicyclic) bond motifs is 1. The van der Waals surface area contributed by atoms with Gasteiger partial charge in [-0.15, -0.1) is 0 Å². The van der Waals surface area contributed by atoms with Crippen LogP contribution in [-0.2, 0) is 19.5 Å². The third-order valence-electron chi connectivity index (χ3n) is 3.93. The molecule has 0 amide bonds. The Hall–Kier alpha value is -0.860. The van der Waals surface area contributed by atoms with Crippen LogP contribution >= 0.6 is 0 Å². The quantitative estimate of drug-likeness (QED) is 0.807. The summed E-state index contributed by atoms with van der Waals surface area (Å²) in [6.07, 6.45) is 5.33. The van der Waals surface area contributed by atoms with E-state index in [1.165, 1.54) is 31.2 Å². The maximum absolute atomic E-state index is 3.66. The normalized spacial score (nSPS) is 20.2. The van der Waals surface area contributed by atoms with Gasteiger partial charge in [0.1, 0.15) is 0 Å². The van der Waals surface area contributed by atoms with Gasteiger partial charge >= 0.3 is 0 Å². The monoisotopic (exact) mass is 216 g/mol. The Morgan fingerprint density at radius 2 is 2.25 bits per heavy atom. The van der Waals surface area contributed by atoms with Gasteiger partial charge in [-0.1, -0.05) is 24.6 Å². The highest BCUT2D eigenvalue weighted by Gasteiger charge is 2.17. The molecule has 0 atom stereocenters. The minimum Gasteiger partial charge on any atom is -0.312 e. The first kappa shape index (κ1) is 10.3. The summed E-state index contributed by atoms with van der Waals surface area (Å²) in [4.78, 5) is 0. The van der Waals surface area contributed by atoms with E-state index in [0.717, 1.165) is 25.7 Å². The largest absolute Gasteiger partial charge is 0.312 e. The van der Waals surface area contributed by atoms with Gasteiger partial charge in [-0.3, -0.25) is 0 Å². The van der Waals surface area contributed by atoms with Crippen molar-refractivity contribution < 1.29 is 0 Å². The highest BCUT2D eigenvalue weighted by Crippen LogP contribution is 2.21. The molecule has 0 aromatic heterocycles. The number of hydrogen-bond donors (Lipinski definition) is 2. The van der Waals surface area contributed by atoms with Gasteiger partial charge in [-0.05, 0) is 42.5 Å². The minimum absolute atomic E-state index is 0.785. The van der Waals surface area contributed by atoms with Crippen LogP contribution in [0.15, 0.2) is 18.2 Å². The van der Waals surface area contributed by atoms with Crippen molar-refractivity contribution >= 4 is 0 Å². The van der Waals surface area contributed by atoms with E-state index in [1.807, 2.05) is 0 Å². The molecule has 3 rings (SSSR count). The Balaban J connectivity index is 1.72. The Morgan fingerprint density at radius 1 is 1.31 bits per heavy atom. The zero-order chi connectivity index (χ0) is 10.8. The van der Waals surface area contributed by atoms with Crippen LogP contribution in [0.2, 0.25) is 0 Å². The molecule has 86 valence electrons. The van der Waals surface area contributed by atoms with Gasteiger partial charge in [0.15, 0.2) is 0 Å². The lowest BCUT2D eigenvalue weighted by Gasteiger charge is -2.28. The lowest BCUT2D eigenvalue weighted by Crippen LogP contribution is -2.35. The Kier molecular flexibility index (Phi) is 2.94. The van der Waals surface area contributed by atoms with Crippen LogP contribution in [0, 0.1) is 0 Å². The fourth-order valence-electron chi connectivity index (χ4n) is 2.62. The molecule has 0 unspecified atom stereocenters. The van der Waals surface area contributed by atoms with E-state index in [2.05, 4.69) is 28.8 Å². The average Bonchev–Trinajstić information content (AvgIpc) is 2.27. The Labute approximate surface area is 97.4 Å². The molecule has 1 aliphatic heterocycles. The van der Waals surface area contributed by atoms with Crippen molar-refractivity contribution in [1.82, 2.24) is 10.6 Å². The predicted octanol–water partition coefficient (Wildman–Crippen LogP) is 1.97. The van der Waals surface area contributed by atoms with Crippen molar-refractivity contribution in [1.29, 1.82) is 0 Å². The van der Waals surface area contributed by atoms with Crippen LogP contribution in [0.25, 0.3) is 0 Å². The molecule has 2 aliphatic rings. The van der Waals surface area contributed by atoms with Gasteiger partial charge in [0.25, 0.3) is 0 Å². The van der Waals surface area contributed by atoms with Crippen LogP contribution < -0.4 is 10.6 Å². The van der Waals surface area contributed by atoms with Crippen molar-refractivity contribution in [2.45, 2.75) is 44.8 Å². The number of rotatable bonds is 3. The molecule has 1 aliphatic carbocycles. The van der Waals surface area contributed by atoms with Gasteiger partial charge in [0, 0.05) is 19.1 Å². The van der Waals surface area contributed by atoms with E-state index < -0.39 is 0 Å². The van der Waals surface area contributed by atoms with Crippen LogP contribution in [0.4, 0.5) is 0 Å². The van der Waals surface area contributed by atoms with E-state index >= 15 is 0 Å². The van der Waals surface area contributed by atoms with Crippen molar-refractivity contribution in [3.63, 3.8) is 0 Å². The van der Waals surface area contributed by atoms with Crippen LogP contribution in [0.5, 0.6) is 0 Å². The fraction of sp³-hybridized carbons (Fsp3) is 0.571. The molecule has 1 saturated carbocycles. The molecule has 1 fully saturated rings. The molecule has 2 heteroatoms. The molecule has 0 spiro atoms. The summed E-state index contributed by atoms with van der Waals surface area (Å²) >= 11 is 0. The molecule has 2 N–H and O–H groups in total. The summed E-state index contributed by atoms with van der Waals surface area (Å²) in [7, 11) is 0. The molecule has 16 heavy (non-hydrogen) atoms. The zero-order valence-electron chi connectivity index (χ0n) is 9.76. The summed E-state index contributed by atoms with van der Waals surface area (Å²) in [5.74, 6) is 0. The molecule has 1 aromatic rings. The first-order valence-corrected chi connectivity index (χ1v) is 6.47. The average molecular weight is 216 g/mol. The maximum atomic E-state index is 3.66. The van der Waals surface area contributed by atoms with Gasteiger partial charge in [-0.25, -0.2) is 0 Å². The number of benzene rings is 1. The number of hydrogen-bond acceptors (Lipinski definition) is 2. The van der Waals surface area contributed by atoms with Crippen LogP contribution in [-0.4, -0.2) is 12.6 Å². The smallest absolute Gasteiger partial charge is 0.0211 e. The molecule has 0 saturated heterocycles. The molecule has 0 bridgehead atoms. The second kappa shape index (κ2) is 4.56. The molecule has 1 aromatic carbocycles. The van der Waals surface area contributed by atoms with E-state index in [-0.39, 0.29) is 0 Å². The topological polar surface area (TPSA) is 24.1 Å². The first-order chi connectivity index (χ1) is 7.93. The van der Waals surface area contributed by atoms with Crippen molar-refractivity contribution in [3.8, 4) is 0 Å². The third kappa shape index (κ3) is 2.00. The highest BCUT2D eigenvalue weighted by molar-refractivity contribution is 5.36. The van der Waals surface area contributed by atoms with E-state index in [1.54, 1.807) is 11.1 Å². The fourth-order valence-corrected chi connectivity index (χ4v) is 2.62. The minimum atomic E-state index is 0.785. The molecule has 1 heterocycles. The van der Waals surface area contributed by atoms with Gasteiger partial charge in [0.2, 0.25) is 0 Å². The standard InChI is InChI=1S/C14H20N2/c1-3-11-7-8-15-10-14(11)12(4-1)9-16-13-5-2-6-13/h1,3-4,13,15-16H,2,5-10H2. The maximum Gasteiger partial charge on any atom is 0.0211 e. The summed E-state index contributed by atoms with van der Waals surface area (Å²) in [6.45, 7) is 3.24. The molecule has 2 nitrogen and oxygen atoms in total. The van der Waals surface area contributed by atoms with E-state index in [0.29, 0.717) is 0 Å². The van der Waals surface area contributed by atoms with Gasteiger partial charge in [-0.2, -0.15) is 0 Å². The molecular formula is C14H20N2. The lowest BCUT2D eigenvalue weighted by atomic mass is 9.92. The summed E-state index contributed by atoms with van der Waals surface area (Å²) < 4.78 is 0. The van der Waals surface area contributed by atoms with Crippen molar-refractivity contribution in [3.05, 3.63) is 34.9 Å². The Bertz CT molecular complexity index is 369. The van der Waals surface area contributed by atoms with Crippen molar-refractivity contribution in [2.24, 2.45) is 0 Å². The van der Waals surface area contributed by atoms with Crippen molar-refractivity contribution in [2.75, 3.05) is 6.54 Å². The summed E-state index contributed by atoms with van der Waals surface area (Å²) in [5, 5.41) is 7.13. The first-order valence-electron chi connectivity index (χ1n) is 6.47. The number of nitrogens with one attached hydrogen (secondary N) is 2. The third-order valence-corrected chi connectivity index (χ3v) is 3.93. The second-order valence-corrected chi connectivity index (χ2v) is 4.99. The summed E-state index contributed by atoms with van der Waals surface area (Å²) in [6, 6.07) is 7.55. The summed E-state index contributed by atoms with van der Waals surface area (Å²) in [5.41, 5.74) is 4.59.